The standard InChI is InChI=1S/C15H16FN3O3/c1-21-14-8-11(16)2-3-13(14)17-15(20)19-6-4-10(9-19)12-5-7-22-18-12/h2-3,5,7-8,10H,4,6,9H2,1H3,(H,17,20). The van der Waals surface area contributed by atoms with E-state index in [0.29, 0.717) is 24.5 Å². The Morgan fingerprint density at radius 2 is 2.36 bits per heavy atom. The minimum absolute atomic E-state index is 0.180. The van der Waals surface area contributed by atoms with Crippen LogP contribution in [-0.4, -0.2) is 36.3 Å². The zero-order valence-electron chi connectivity index (χ0n) is 12.1. The Morgan fingerprint density at radius 1 is 1.50 bits per heavy atom. The Balaban J connectivity index is 1.66. The van der Waals surface area contributed by atoms with Crippen LogP contribution in [0.5, 0.6) is 5.75 Å². The van der Waals surface area contributed by atoms with E-state index >= 15 is 0 Å². The molecule has 2 aromatic rings. The predicted molar refractivity (Wildman–Crippen MR) is 77.4 cm³/mol. The zero-order valence-corrected chi connectivity index (χ0v) is 12.1. The maximum atomic E-state index is 13.2. The first-order valence-electron chi connectivity index (χ1n) is 6.97. The number of aromatic nitrogens is 1. The van der Waals surface area contributed by atoms with Crippen LogP contribution in [0.4, 0.5) is 14.9 Å². The molecule has 3 rings (SSSR count). The lowest BCUT2D eigenvalue weighted by atomic mass is 10.1. The number of methoxy groups -OCH3 is 1. The van der Waals surface area contributed by atoms with E-state index in [1.807, 2.05) is 6.07 Å². The number of halogens is 1. The molecule has 6 nitrogen and oxygen atoms in total. The summed E-state index contributed by atoms with van der Waals surface area (Å²) in [6.07, 6.45) is 2.36. The van der Waals surface area contributed by atoms with Gasteiger partial charge in [0.1, 0.15) is 17.8 Å². The number of carbonyl (C=O) groups is 1. The highest BCUT2D eigenvalue weighted by Crippen LogP contribution is 2.28. The van der Waals surface area contributed by atoms with Gasteiger partial charge in [-0.15, -0.1) is 0 Å². The average molecular weight is 305 g/mol. The molecule has 1 aromatic heterocycles. The minimum atomic E-state index is -0.415. The number of likely N-dealkylation sites (tertiary alicyclic amines) is 1. The van der Waals surface area contributed by atoms with Crippen LogP contribution in [0, 0.1) is 5.82 Å². The second kappa shape index (κ2) is 6.05. The number of nitrogens with zero attached hydrogens (tertiary/aromatic N) is 2. The molecule has 7 heteroatoms. The van der Waals surface area contributed by atoms with Crippen molar-refractivity contribution in [3.8, 4) is 5.75 Å². The molecule has 1 unspecified atom stereocenters. The van der Waals surface area contributed by atoms with E-state index in [2.05, 4.69) is 10.5 Å². The van der Waals surface area contributed by atoms with Crippen molar-refractivity contribution in [2.24, 2.45) is 0 Å². The molecular formula is C15H16FN3O3. The first-order valence-corrected chi connectivity index (χ1v) is 6.97. The summed E-state index contributed by atoms with van der Waals surface area (Å²) in [6.45, 7) is 1.20. The van der Waals surface area contributed by atoms with Crippen molar-refractivity contribution in [1.29, 1.82) is 0 Å². The molecule has 0 bridgehead atoms. The normalized spacial score (nSPS) is 17.5. The van der Waals surface area contributed by atoms with Crippen molar-refractivity contribution in [2.75, 3.05) is 25.5 Å². The number of anilines is 1. The molecule has 1 aliphatic rings. The lowest BCUT2D eigenvalue weighted by Crippen LogP contribution is -2.32. The Bertz CT molecular complexity index is 660. The van der Waals surface area contributed by atoms with Gasteiger partial charge in [0, 0.05) is 31.1 Å². The number of hydrogen-bond acceptors (Lipinski definition) is 4. The van der Waals surface area contributed by atoms with E-state index in [-0.39, 0.29) is 11.9 Å². The van der Waals surface area contributed by atoms with Crippen molar-refractivity contribution in [3.63, 3.8) is 0 Å². The fourth-order valence-electron chi connectivity index (χ4n) is 2.58. The fraction of sp³-hybridized carbons (Fsp3) is 0.333. The van der Waals surface area contributed by atoms with Crippen LogP contribution in [0.1, 0.15) is 18.0 Å². The second-order valence-corrected chi connectivity index (χ2v) is 5.13. The molecular weight excluding hydrogens is 289 g/mol. The third-order valence-corrected chi connectivity index (χ3v) is 3.76. The van der Waals surface area contributed by atoms with Gasteiger partial charge in [0.05, 0.1) is 18.5 Å². The van der Waals surface area contributed by atoms with E-state index in [1.54, 1.807) is 4.90 Å². The monoisotopic (exact) mass is 305 g/mol. The molecule has 1 aliphatic heterocycles. The highest BCUT2D eigenvalue weighted by Gasteiger charge is 2.29. The van der Waals surface area contributed by atoms with Gasteiger partial charge in [0.15, 0.2) is 0 Å². The summed E-state index contributed by atoms with van der Waals surface area (Å²) < 4.78 is 23.1. The van der Waals surface area contributed by atoms with Gasteiger partial charge in [-0.2, -0.15) is 0 Å². The van der Waals surface area contributed by atoms with Crippen LogP contribution < -0.4 is 10.1 Å². The maximum absolute atomic E-state index is 13.2. The van der Waals surface area contributed by atoms with Gasteiger partial charge >= 0.3 is 6.03 Å². The van der Waals surface area contributed by atoms with Crippen LogP contribution in [0.3, 0.4) is 0 Å². The number of nitrogens with one attached hydrogen (secondary N) is 1. The van der Waals surface area contributed by atoms with E-state index in [4.69, 9.17) is 9.26 Å². The number of benzene rings is 1. The average Bonchev–Trinajstić information content (AvgIpc) is 3.19. The molecule has 116 valence electrons. The number of ether oxygens (including phenoxy) is 1. The van der Waals surface area contributed by atoms with Gasteiger partial charge in [-0.05, 0) is 18.6 Å². The van der Waals surface area contributed by atoms with Gasteiger partial charge in [-0.1, -0.05) is 5.16 Å². The van der Waals surface area contributed by atoms with Gasteiger partial charge in [-0.3, -0.25) is 0 Å². The van der Waals surface area contributed by atoms with Crippen molar-refractivity contribution in [3.05, 3.63) is 42.0 Å². The van der Waals surface area contributed by atoms with Crippen LogP contribution in [-0.2, 0) is 0 Å². The quantitative estimate of drug-likeness (QED) is 0.947. The Morgan fingerprint density at radius 3 is 3.09 bits per heavy atom. The SMILES string of the molecule is COc1cc(F)ccc1NC(=O)N1CCC(c2ccon2)C1. The summed E-state index contributed by atoms with van der Waals surface area (Å²) in [7, 11) is 1.43. The van der Waals surface area contributed by atoms with Crippen molar-refractivity contribution in [2.45, 2.75) is 12.3 Å². The van der Waals surface area contributed by atoms with E-state index in [1.165, 1.54) is 31.6 Å². The number of amides is 2. The van der Waals surface area contributed by atoms with E-state index in [0.717, 1.165) is 12.1 Å². The molecule has 2 heterocycles. The lowest BCUT2D eigenvalue weighted by molar-refractivity contribution is 0.221. The lowest BCUT2D eigenvalue weighted by Gasteiger charge is -2.18. The smallest absolute Gasteiger partial charge is 0.321 e. The number of urea groups is 1. The van der Waals surface area contributed by atoms with E-state index in [9.17, 15) is 9.18 Å². The second-order valence-electron chi connectivity index (χ2n) is 5.13. The predicted octanol–water partition coefficient (Wildman–Crippen LogP) is 2.84. The molecule has 2 amide bonds. The number of rotatable bonds is 3. The van der Waals surface area contributed by atoms with Gasteiger partial charge in [0.2, 0.25) is 0 Å². The summed E-state index contributed by atoms with van der Waals surface area (Å²) in [4.78, 5) is 14.0. The first kappa shape index (κ1) is 14.4. The molecule has 1 saturated heterocycles. The molecule has 0 spiro atoms. The summed E-state index contributed by atoms with van der Waals surface area (Å²) in [5.41, 5.74) is 1.30. The van der Waals surface area contributed by atoms with E-state index < -0.39 is 5.82 Å². The summed E-state index contributed by atoms with van der Waals surface area (Å²) in [5.74, 6) is 0.0577. The highest BCUT2D eigenvalue weighted by atomic mass is 19.1. The van der Waals surface area contributed by atoms with Crippen LogP contribution >= 0.6 is 0 Å². The fourth-order valence-corrected chi connectivity index (χ4v) is 2.58. The summed E-state index contributed by atoms with van der Waals surface area (Å²) >= 11 is 0. The maximum Gasteiger partial charge on any atom is 0.321 e. The molecule has 1 aromatic carbocycles. The van der Waals surface area contributed by atoms with Gasteiger partial charge < -0.3 is 19.5 Å². The van der Waals surface area contributed by atoms with Crippen LogP contribution in [0.15, 0.2) is 35.1 Å². The number of carbonyl (C=O) groups excluding carboxylic acids is 1. The van der Waals surface area contributed by atoms with Crippen molar-refractivity contribution >= 4 is 11.7 Å². The van der Waals surface area contributed by atoms with Crippen LogP contribution in [0.25, 0.3) is 0 Å². The Labute approximate surface area is 126 Å². The van der Waals surface area contributed by atoms with Gasteiger partial charge in [-0.25, -0.2) is 9.18 Å². The topological polar surface area (TPSA) is 67.6 Å². The molecule has 1 fully saturated rings. The van der Waals surface area contributed by atoms with Crippen LogP contribution in [0.2, 0.25) is 0 Å². The third-order valence-electron chi connectivity index (χ3n) is 3.76. The summed E-state index contributed by atoms with van der Waals surface area (Å²) in [5, 5.41) is 6.67. The molecule has 0 radical (unpaired) electrons. The number of hydrogen-bond donors (Lipinski definition) is 1. The summed E-state index contributed by atoms with van der Waals surface area (Å²) in [6, 6.07) is 5.57. The van der Waals surface area contributed by atoms with Crippen molar-refractivity contribution in [1.82, 2.24) is 10.1 Å². The Kier molecular flexibility index (Phi) is 3.95. The molecule has 0 saturated carbocycles. The Hall–Kier alpha value is -2.57. The molecule has 0 aliphatic carbocycles. The largest absolute Gasteiger partial charge is 0.494 e. The third kappa shape index (κ3) is 2.88. The first-order chi connectivity index (χ1) is 10.7. The molecule has 1 N–H and O–H groups in total. The van der Waals surface area contributed by atoms with Gasteiger partial charge in [0.25, 0.3) is 0 Å². The molecule has 22 heavy (non-hydrogen) atoms. The van der Waals surface area contributed by atoms with Crippen molar-refractivity contribution < 1.29 is 18.4 Å². The minimum Gasteiger partial charge on any atom is -0.494 e. The highest BCUT2D eigenvalue weighted by molar-refractivity contribution is 5.91. The molecule has 1 atom stereocenters. The zero-order chi connectivity index (χ0) is 15.5.